The van der Waals surface area contributed by atoms with Gasteiger partial charge in [0.2, 0.25) is 0 Å². The van der Waals surface area contributed by atoms with Crippen molar-refractivity contribution in [3.05, 3.63) is 41.5 Å². The summed E-state index contributed by atoms with van der Waals surface area (Å²) in [6.07, 6.45) is 3.58. The van der Waals surface area contributed by atoms with Crippen LogP contribution in [0.1, 0.15) is 38.2 Å². The minimum Gasteiger partial charge on any atom is -0.497 e. The van der Waals surface area contributed by atoms with Crippen molar-refractivity contribution in [1.82, 2.24) is 0 Å². The number of hydrogen-bond donors (Lipinski definition) is 0. The van der Waals surface area contributed by atoms with Gasteiger partial charge in [-0.25, -0.2) is 0 Å². The topological polar surface area (TPSA) is 60.4 Å². The number of rotatable bonds is 5. The molecule has 0 saturated carbocycles. The van der Waals surface area contributed by atoms with Gasteiger partial charge in [-0.3, -0.25) is 14.4 Å². The molecule has 1 atom stereocenters. The Bertz CT molecular complexity index is 611. The normalized spacial score (nSPS) is 20.0. The average molecular weight is 300 g/mol. The maximum absolute atomic E-state index is 12.3. The molecule has 0 radical (unpaired) electrons. The number of benzene rings is 1. The van der Waals surface area contributed by atoms with E-state index >= 15 is 0 Å². The summed E-state index contributed by atoms with van der Waals surface area (Å²) < 4.78 is 5.14. The Kier molecular flexibility index (Phi) is 4.59. The Labute approximate surface area is 130 Å². The molecule has 4 heteroatoms. The largest absolute Gasteiger partial charge is 0.497 e. The number of methoxy groups -OCH3 is 1. The number of hydrogen-bond acceptors (Lipinski definition) is 4. The van der Waals surface area contributed by atoms with Gasteiger partial charge in [-0.1, -0.05) is 18.2 Å². The van der Waals surface area contributed by atoms with Crippen molar-refractivity contribution in [2.75, 3.05) is 7.11 Å². The Morgan fingerprint density at radius 1 is 1.18 bits per heavy atom. The minimum absolute atomic E-state index is 0.187. The van der Waals surface area contributed by atoms with Crippen LogP contribution in [0.4, 0.5) is 0 Å². The monoisotopic (exact) mass is 300 g/mol. The van der Waals surface area contributed by atoms with Crippen LogP contribution >= 0.6 is 0 Å². The summed E-state index contributed by atoms with van der Waals surface area (Å²) in [4.78, 5) is 36.2. The summed E-state index contributed by atoms with van der Waals surface area (Å²) in [6, 6.07) is 7.17. The Morgan fingerprint density at radius 2 is 1.77 bits per heavy atom. The molecule has 0 bridgehead atoms. The van der Waals surface area contributed by atoms with Crippen molar-refractivity contribution < 1.29 is 19.1 Å². The molecule has 0 N–H and O–H groups in total. The molecule has 0 amide bonds. The van der Waals surface area contributed by atoms with E-state index in [0.717, 1.165) is 11.8 Å². The van der Waals surface area contributed by atoms with Crippen molar-refractivity contribution in [2.24, 2.45) is 5.41 Å². The molecule has 0 aromatic heterocycles. The van der Waals surface area contributed by atoms with E-state index in [4.69, 9.17) is 4.74 Å². The van der Waals surface area contributed by atoms with Gasteiger partial charge in [-0.05, 0) is 50.0 Å². The molecular weight excluding hydrogens is 280 g/mol. The van der Waals surface area contributed by atoms with E-state index in [-0.39, 0.29) is 11.6 Å². The van der Waals surface area contributed by atoms with Crippen LogP contribution in [-0.2, 0) is 14.4 Å². The van der Waals surface area contributed by atoms with E-state index in [9.17, 15) is 14.4 Å². The molecule has 1 aromatic rings. The SMILES string of the molecule is COc1ccc([C@@H]2C(C=O)=CCCC2(C(C)=O)C(C)=O)cc1. The van der Waals surface area contributed by atoms with Crippen LogP contribution in [0.15, 0.2) is 35.9 Å². The maximum Gasteiger partial charge on any atom is 0.146 e. The molecule has 1 aliphatic carbocycles. The summed E-state index contributed by atoms with van der Waals surface area (Å²) >= 11 is 0. The van der Waals surface area contributed by atoms with Gasteiger partial charge in [0.25, 0.3) is 0 Å². The van der Waals surface area contributed by atoms with Gasteiger partial charge in [0.15, 0.2) is 0 Å². The van der Waals surface area contributed by atoms with Gasteiger partial charge in [0, 0.05) is 5.92 Å². The average Bonchev–Trinajstić information content (AvgIpc) is 2.53. The van der Waals surface area contributed by atoms with E-state index < -0.39 is 11.3 Å². The smallest absolute Gasteiger partial charge is 0.146 e. The minimum atomic E-state index is -1.15. The zero-order chi connectivity index (χ0) is 16.3. The number of allylic oxidation sites excluding steroid dienone is 2. The van der Waals surface area contributed by atoms with Crippen molar-refractivity contribution in [1.29, 1.82) is 0 Å². The van der Waals surface area contributed by atoms with Crippen molar-refractivity contribution >= 4 is 17.9 Å². The number of aldehydes is 1. The number of ether oxygens (including phenoxy) is 1. The van der Waals surface area contributed by atoms with Gasteiger partial charge < -0.3 is 4.74 Å². The first-order valence-electron chi connectivity index (χ1n) is 7.28. The summed E-state index contributed by atoms with van der Waals surface area (Å²) in [5.41, 5.74) is 0.130. The van der Waals surface area contributed by atoms with Crippen molar-refractivity contribution in [3.8, 4) is 5.75 Å². The van der Waals surface area contributed by atoms with E-state index in [2.05, 4.69) is 0 Å². The third-order valence-electron chi connectivity index (χ3n) is 4.59. The predicted octanol–water partition coefficient (Wildman–Crippen LogP) is 2.86. The second-order valence-electron chi connectivity index (χ2n) is 5.65. The van der Waals surface area contributed by atoms with Crippen LogP contribution in [0, 0.1) is 5.41 Å². The predicted molar refractivity (Wildman–Crippen MR) is 82.9 cm³/mol. The lowest BCUT2D eigenvalue weighted by atomic mass is 9.59. The molecule has 22 heavy (non-hydrogen) atoms. The number of carbonyl (C=O) groups is 3. The van der Waals surface area contributed by atoms with E-state index in [0.29, 0.717) is 24.2 Å². The molecule has 2 rings (SSSR count). The molecule has 0 aliphatic heterocycles. The van der Waals surface area contributed by atoms with Crippen LogP contribution in [0.2, 0.25) is 0 Å². The van der Waals surface area contributed by atoms with Gasteiger partial charge in [0.1, 0.15) is 23.6 Å². The fourth-order valence-electron chi connectivity index (χ4n) is 3.41. The molecule has 0 fully saturated rings. The van der Waals surface area contributed by atoms with Gasteiger partial charge in [0.05, 0.1) is 12.5 Å². The highest BCUT2D eigenvalue weighted by atomic mass is 16.5. The van der Waals surface area contributed by atoms with Crippen LogP contribution < -0.4 is 4.74 Å². The third kappa shape index (κ3) is 2.49. The first kappa shape index (κ1) is 16.1. The summed E-state index contributed by atoms with van der Waals surface area (Å²) in [7, 11) is 1.57. The molecule has 0 unspecified atom stereocenters. The fraction of sp³-hybridized carbons (Fsp3) is 0.389. The van der Waals surface area contributed by atoms with E-state index in [1.807, 2.05) is 18.2 Å². The van der Waals surface area contributed by atoms with Gasteiger partial charge in [-0.2, -0.15) is 0 Å². The third-order valence-corrected chi connectivity index (χ3v) is 4.59. The zero-order valence-corrected chi connectivity index (χ0v) is 13.1. The molecule has 116 valence electrons. The van der Waals surface area contributed by atoms with Crippen LogP contribution in [0.3, 0.4) is 0 Å². The lowest BCUT2D eigenvalue weighted by molar-refractivity contribution is -0.140. The number of Topliss-reactive ketones (excluding diaryl/α,β-unsaturated/α-hetero) is 2. The summed E-state index contributed by atoms with van der Waals surface area (Å²) in [5, 5.41) is 0. The lowest BCUT2D eigenvalue weighted by Crippen LogP contribution is -2.44. The second kappa shape index (κ2) is 6.26. The van der Waals surface area contributed by atoms with Crippen molar-refractivity contribution in [3.63, 3.8) is 0 Å². The zero-order valence-electron chi connectivity index (χ0n) is 13.1. The molecule has 0 spiro atoms. The molecule has 1 aromatic carbocycles. The lowest BCUT2D eigenvalue weighted by Gasteiger charge is -2.40. The Balaban J connectivity index is 2.63. The highest BCUT2D eigenvalue weighted by Gasteiger charge is 2.50. The Hall–Kier alpha value is -2.23. The van der Waals surface area contributed by atoms with E-state index in [1.54, 1.807) is 19.2 Å². The number of carbonyl (C=O) groups excluding carboxylic acids is 3. The van der Waals surface area contributed by atoms with Gasteiger partial charge in [-0.15, -0.1) is 0 Å². The first-order valence-corrected chi connectivity index (χ1v) is 7.28. The molecule has 4 nitrogen and oxygen atoms in total. The highest BCUT2D eigenvalue weighted by Crippen LogP contribution is 2.49. The second-order valence-corrected chi connectivity index (χ2v) is 5.65. The van der Waals surface area contributed by atoms with E-state index in [1.165, 1.54) is 13.8 Å². The highest BCUT2D eigenvalue weighted by molar-refractivity contribution is 6.07. The molecule has 0 heterocycles. The maximum atomic E-state index is 12.3. The number of ketones is 2. The quantitative estimate of drug-likeness (QED) is 0.619. The summed E-state index contributed by atoms with van der Waals surface area (Å²) in [6.45, 7) is 2.87. The van der Waals surface area contributed by atoms with Crippen LogP contribution in [0.25, 0.3) is 0 Å². The van der Waals surface area contributed by atoms with Gasteiger partial charge >= 0.3 is 0 Å². The standard InChI is InChI=1S/C18H20O4/c1-12(20)18(13(2)21)10-4-5-15(11-19)17(18)14-6-8-16(22-3)9-7-14/h5-9,11,17H,4,10H2,1-3H3/t17-/m1/s1. The Morgan fingerprint density at radius 3 is 2.23 bits per heavy atom. The van der Waals surface area contributed by atoms with Crippen LogP contribution in [0.5, 0.6) is 5.75 Å². The molecule has 1 aliphatic rings. The van der Waals surface area contributed by atoms with Crippen molar-refractivity contribution in [2.45, 2.75) is 32.6 Å². The first-order chi connectivity index (χ1) is 10.5. The summed E-state index contributed by atoms with van der Waals surface area (Å²) in [5.74, 6) is -0.214. The fourth-order valence-corrected chi connectivity index (χ4v) is 3.41. The van der Waals surface area contributed by atoms with Crippen LogP contribution in [-0.4, -0.2) is 25.0 Å². The molecule has 0 saturated heterocycles. The molecular formula is C18H20O4.